The van der Waals surface area contributed by atoms with E-state index < -0.39 is 0 Å². The van der Waals surface area contributed by atoms with Gasteiger partial charge in [-0.3, -0.25) is 4.79 Å². The summed E-state index contributed by atoms with van der Waals surface area (Å²) in [5.41, 5.74) is 5.68. The fourth-order valence-electron chi connectivity index (χ4n) is 2.46. The third-order valence-corrected chi connectivity index (χ3v) is 3.50. The number of benzene rings is 2. The van der Waals surface area contributed by atoms with Gasteiger partial charge in [-0.1, -0.05) is 44.2 Å². The number of carbonyl (C=O) groups excluding carboxylic acids is 1. The summed E-state index contributed by atoms with van der Waals surface area (Å²) < 4.78 is 5.57. The Bertz CT molecular complexity index is 625. The highest BCUT2D eigenvalue weighted by atomic mass is 16.5. The van der Waals surface area contributed by atoms with E-state index in [1.807, 2.05) is 42.5 Å². The second-order valence-corrected chi connectivity index (χ2v) is 5.93. The number of rotatable bonds is 7. The summed E-state index contributed by atoms with van der Waals surface area (Å²) >= 11 is 0. The van der Waals surface area contributed by atoms with Crippen molar-refractivity contribution in [2.24, 2.45) is 11.7 Å². The lowest BCUT2D eigenvalue weighted by atomic mass is 10.0. The SMILES string of the molecule is CC(C)CC(CN)NC(=O)COc1ccc2ccccc2c1. The summed E-state index contributed by atoms with van der Waals surface area (Å²) in [6.07, 6.45) is 0.873. The molecule has 0 aliphatic rings. The van der Waals surface area contributed by atoms with Crippen LogP contribution in [-0.2, 0) is 4.79 Å². The Labute approximate surface area is 131 Å². The van der Waals surface area contributed by atoms with Crippen LogP contribution in [0.25, 0.3) is 10.8 Å². The lowest BCUT2D eigenvalue weighted by Crippen LogP contribution is -2.43. The van der Waals surface area contributed by atoms with Gasteiger partial charge in [0.15, 0.2) is 6.61 Å². The van der Waals surface area contributed by atoms with Crippen LogP contribution in [0.15, 0.2) is 42.5 Å². The summed E-state index contributed by atoms with van der Waals surface area (Å²) in [7, 11) is 0. The molecule has 0 aliphatic carbocycles. The maximum Gasteiger partial charge on any atom is 0.258 e. The number of nitrogens with one attached hydrogen (secondary N) is 1. The molecule has 0 bridgehead atoms. The number of nitrogens with two attached hydrogens (primary N) is 1. The van der Waals surface area contributed by atoms with Crippen molar-refractivity contribution in [2.45, 2.75) is 26.3 Å². The maximum absolute atomic E-state index is 11.9. The van der Waals surface area contributed by atoms with Gasteiger partial charge >= 0.3 is 0 Å². The van der Waals surface area contributed by atoms with Crippen molar-refractivity contribution in [1.82, 2.24) is 5.32 Å². The lowest BCUT2D eigenvalue weighted by Gasteiger charge is -2.18. The van der Waals surface area contributed by atoms with Crippen molar-refractivity contribution >= 4 is 16.7 Å². The zero-order valence-corrected chi connectivity index (χ0v) is 13.2. The second-order valence-electron chi connectivity index (χ2n) is 5.93. The topological polar surface area (TPSA) is 64.3 Å². The van der Waals surface area contributed by atoms with Crippen molar-refractivity contribution in [3.63, 3.8) is 0 Å². The van der Waals surface area contributed by atoms with Gasteiger partial charge in [0, 0.05) is 12.6 Å². The van der Waals surface area contributed by atoms with E-state index in [2.05, 4.69) is 19.2 Å². The quantitative estimate of drug-likeness (QED) is 0.826. The van der Waals surface area contributed by atoms with E-state index >= 15 is 0 Å². The Hall–Kier alpha value is -2.07. The molecular formula is C18H24N2O2. The van der Waals surface area contributed by atoms with Crippen LogP contribution in [0, 0.1) is 5.92 Å². The summed E-state index contributed by atoms with van der Waals surface area (Å²) in [5, 5.41) is 5.17. The molecule has 0 radical (unpaired) electrons. The lowest BCUT2D eigenvalue weighted by molar-refractivity contribution is -0.123. The van der Waals surface area contributed by atoms with Crippen LogP contribution in [0.3, 0.4) is 0 Å². The zero-order valence-electron chi connectivity index (χ0n) is 13.2. The molecule has 0 spiro atoms. The van der Waals surface area contributed by atoms with Gasteiger partial charge in [-0.15, -0.1) is 0 Å². The van der Waals surface area contributed by atoms with Gasteiger partial charge in [-0.2, -0.15) is 0 Å². The number of amides is 1. The molecule has 0 heterocycles. The summed E-state index contributed by atoms with van der Waals surface area (Å²) in [4.78, 5) is 11.9. The first-order valence-electron chi connectivity index (χ1n) is 7.69. The first kappa shape index (κ1) is 16.3. The summed E-state index contributed by atoms with van der Waals surface area (Å²) in [6.45, 7) is 4.67. The van der Waals surface area contributed by atoms with Crippen molar-refractivity contribution in [1.29, 1.82) is 0 Å². The predicted octanol–water partition coefficient (Wildman–Crippen LogP) is 2.71. The van der Waals surface area contributed by atoms with Gasteiger partial charge in [-0.05, 0) is 35.2 Å². The molecule has 118 valence electrons. The number of ether oxygens (including phenoxy) is 1. The smallest absolute Gasteiger partial charge is 0.258 e. The molecule has 3 N–H and O–H groups in total. The molecule has 22 heavy (non-hydrogen) atoms. The van der Waals surface area contributed by atoms with Gasteiger partial charge in [0.1, 0.15) is 5.75 Å². The molecule has 0 aromatic heterocycles. The van der Waals surface area contributed by atoms with Crippen LogP contribution in [0.2, 0.25) is 0 Å². The average Bonchev–Trinajstić information content (AvgIpc) is 2.51. The van der Waals surface area contributed by atoms with E-state index in [4.69, 9.17) is 10.5 Å². The van der Waals surface area contributed by atoms with Crippen LogP contribution < -0.4 is 15.8 Å². The van der Waals surface area contributed by atoms with Crippen molar-refractivity contribution in [3.8, 4) is 5.75 Å². The van der Waals surface area contributed by atoms with Crippen LogP contribution in [-0.4, -0.2) is 25.1 Å². The van der Waals surface area contributed by atoms with Crippen LogP contribution in [0.1, 0.15) is 20.3 Å². The molecule has 2 aromatic rings. The molecule has 4 nitrogen and oxygen atoms in total. The van der Waals surface area contributed by atoms with E-state index in [-0.39, 0.29) is 18.6 Å². The number of carbonyl (C=O) groups is 1. The zero-order chi connectivity index (χ0) is 15.9. The van der Waals surface area contributed by atoms with E-state index in [1.54, 1.807) is 0 Å². The van der Waals surface area contributed by atoms with E-state index in [0.717, 1.165) is 17.2 Å². The van der Waals surface area contributed by atoms with Crippen LogP contribution >= 0.6 is 0 Å². The minimum atomic E-state index is -0.135. The number of fused-ring (bicyclic) bond motifs is 1. The van der Waals surface area contributed by atoms with Crippen molar-refractivity contribution in [2.75, 3.05) is 13.2 Å². The molecule has 1 atom stereocenters. The Balaban J connectivity index is 1.89. The molecule has 1 unspecified atom stereocenters. The third-order valence-electron chi connectivity index (χ3n) is 3.50. The Morgan fingerprint density at radius 2 is 1.91 bits per heavy atom. The molecule has 2 rings (SSSR count). The van der Waals surface area contributed by atoms with Crippen LogP contribution in [0.5, 0.6) is 5.75 Å². The van der Waals surface area contributed by atoms with Crippen LogP contribution in [0.4, 0.5) is 0 Å². The summed E-state index contributed by atoms with van der Waals surface area (Å²) in [5.74, 6) is 1.06. The molecule has 2 aromatic carbocycles. The Kier molecular flexibility index (Phi) is 5.78. The minimum absolute atomic E-state index is 0.00688. The molecular weight excluding hydrogens is 276 g/mol. The van der Waals surface area contributed by atoms with Gasteiger partial charge in [0.05, 0.1) is 0 Å². The van der Waals surface area contributed by atoms with E-state index in [9.17, 15) is 4.79 Å². The fourth-order valence-corrected chi connectivity index (χ4v) is 2.46. The second kappa shape index (κ2) is 7.80. The number of hydrogen-bond donors (Lipinski definition) is 2. The molecule has 1 amide bonds. The molecule has 0 fully saturated rings. The molecule has 0 aliphatic heterocycles. The Morgan fingerprint density at radius 3 is 2.59 bits per heavy atom. The molecule has 4 heteroatoms. The fraction of sp³-hybridized carbons (Fsp3) is 0.389. The highest BCUT2D eigenvalue weighted by Gasteiger charge is 2.12. The van der Waals surface area contributed by atoms with E-state index in [0.29, 0.717) is 18.2 Å². The van der Waals surface area contributed by atoms with Gasteiger partial charge in [0.25, 0.3) is 5.91 Å². The predicted molar refractivity (Wildman–Crippen MR) is 89.9 cm³/mol. The standard InChI is InChI=1S/C18H24N2O2/c1-13(2)9-16(11-19)20-18(21)12-22-17-8-7-14-5-3-4-6-15(14)10-17/h3-8,10,13,16H,9,11-12,19H2,1-2H3,(H,20,21). The molecule has 0 saturated carbocycles. The van der Waals surface area contributed by atoms with Gasteiger partial charge in [0.2, 0.25) is 0 Å². The largest absolute Gasteiger partial charge is 0.484 e. The highest BCUT2D eigenvalue weighted by molar-refractivity contribution is 5.84. The van der Waals surface area contributed by atoms with Gasteiger partial charge in [-0.25, -0.2) is 0 Å². The van der Waals surface area contributed by atoms with Crippen molar-refractivity contribution in [3.05, 3.63) is 42.5 Å². The van der Waals surface area contributed by atoms with Gasteiger partial charge < -0.3 is 15.8 Å². The number of hydrogen-bond acceptors (Lipinski definition) is 3. The summed E-state index contributed by atoms with van der Waals surface area (Å²) in [6, 6.07) is 13.9. The Morgan fingerprint density at radius 1 is 1.18 bits per heavy atom. The highest BCUT2D eigenvalue weighted by Crippen LogP contribution is 2.20. The minimum Gasteiger partial charge on any atom is -0.484 e. The average molecular weight is 300 g/mol. The third kappa shape index (κ3) is 4.74. The van der Waals surface area contributed by atoms with E-state index in [1.165, 1.54) is 0 Å². The molecule has 0 saturated heterocycles. The maximum atomic E-state index is 11.9. The first-order valence-corrected chi connectivity index (χ1v) is 7.69. The monoisotopic (exact) mass is 300 g/mol. The van der Waals surface area contributed by atoms with Crippen molar-refractivity contribution < 1.29 is 9.53 Å². The normalized spacial score (nSPS) is 12.4. The first-order chi connectivity index (χ1) is 10.6.